The zero-order valence-electron chi connectivity index (χ0n) is 16.3. The summed E-state index contributed by atoms with van der Waals surface area (Å²) < 4.78 is 4.75. The summed E-state index contributed by atoms with van der Waals surface area (Å²) in [5.74, 6) is 0.851. The van der Waals surface area contributed by atoms with E-state index >= 15 is 0 Å². The average Bonchev–Trinajstić information content (AvgIpc) is 2.93. The quantitative estimate of drug-likeness (QED) is 0.668. The largest absolute Gasteiger partial charge is 0.332 e. The molecule has 2 rings (SSSR count). The lowest BCUT2D eigenvalue weighted by Crippen LogP contribution is -3.10. The van der Waals surface area contributed by atoms with Crippen LogP contribution in [0.2, 0.25) is 0 Å². The molecule has 0 radical (unpaired) electrons. The molecule has 0 amide bonds. The maximum atomic E-state index is 12.9. The normalized spacial score (nSPS) is 11.8. The smallest absolute Gasteiger partial charge is 0.329 e. The minimum Gasteiger partial charge on any atom is -0.329 e. The first-order chi connectivity index (χ1) is 12.0. The van der Waals surface area contributed by atoms with Crippen molar-refractivity contribution in [2.45, 2.75) is 59.5 Å². The third-order valence-corrected chi connectivity index (χ3v) is 5.10. The van der Waals surface area contributed by atoms with Crippen molar-refractivity contribution in [1.82, 2.24) is 18.7 Å². The summed E-state index contributed by atoms with van der Waals surface area (Å²) in [6.07, 6.45) is 4.14. The number of nitrogens with one attached hydrogen (secondary N) is 1. The first-order valence-corrected chi connectivity index (χ1v) is 9.44. The lowest BCUT2D eigenvalue weighted by molar-refractivity contribution is -0.911. The van der Waals surface area contributed by atoms with Crippen molar-refractivity contribution in [1.29, 1.82) is 0 Å². The van der Waals surface area contributed by atoms with Crippen molar-refractivity contribution in [2.24, 2.45) is 14.1 Å². The monoisotopic (exact) mass is 350 g/mol. The molecule has 2 aromatic rings. The molecule has 25 heavy (non-hydrogen) atoms. The molecule has 140 valence electrons. The number of imidazole rings is 1. The Balaban J connectivity index is 2.48. The van der Waals surface area contributed by atoms with E-state index in [0.29, 0.717) is 17.7 Å². The van der Waals surface area contributed by atoms with Crippen LogP contribution in [0, 0.1) is 0 Å². The number of hydrogen-bond acceptors (Lipinski definition) is 3. The second-order valence-electron chi connectivity index (χ2n) is 6.75. The zero-order chi connectivity index (χ0) is 18.6. The second kappa shape index (κ2) is 8.47. The second-order valence-corrected chi connectivity index (χ2v) is 6.75. The SMILES string of the molecule is CCCCCCn1c(=O)c2c(nc(C[NH+](CC)CC)n2C)n(C)c1=O. The number of aryl methyl sites for hydroxylation is 2. The van der Waals surface area contributed by atoms with Gasteiger partial charge in [0.15, 0.2) is 17.0 Å². The molecule has 7 nitrogen and oxygen atoms in total. The van der Waals surface area contributed by atoms with E-state index < -0.39 is 0 Å². The third kappa shape index (κ3) is 3.86. The van der Waals surface area contributed by atoms with Crippen LogP contribution in [-0.4, -0.2) is 31.8 Å². The van der Waals surface area contributed by atoms with Gasteiger partial charge in [-0.25, -0.2) is 9.78 Å². The predicted octanol–water partition coefficient (Wildman–Crippen LogP) is 0.439. The van der Waals surface area contributed by atoms with Gasteiger partial charge in [-0.3, -0.25) is 13.9 Å². The summed E-state index contributed by atoms with van der Waals surface area (Å²) in [6.45, 7) is 9.65. The maximum Gasteiger partial charge on any atom is 0.332 e. The summed E-state index contributed by atoms with van der Waals surface area (Å²) in [5, 5.41) is 0. The molecule has 0 saturated carbocycles. The Hall–Kier alpha value is -1.89. The summed E-state index contributed by atoms with van der Waals surface area (Å²) >= 11 is 0. The van der Waals surface area contributed by atoms with Gasteiger partial charge in [0.2, 0.25) is 0 Å². The summed E-state index contributed by atoms with van der Waals surface area (Å²) in [7, 11) is 3.58. The Labute approximate surface area is 148 Å². The molecule has 7 heteroatoms. The minimum atomic E-state index is -0.270. The number of unbranched alkanes of at least 4 members (excludes halogenated alkanes) is 3. The topological polar surface area (TPSA) is 66.3 Å². The highest BCUT2D eigenvalue weighted by Gasteiger charge is 2.20. The van der Waals surface area contributed by atoms with Gasteiger partial charge in [0, 0.05) is 20.6 Å². The molecule has 0 aliphatic rings. The summed E-state index contributed by atoms with van der Waals surface area (Å²) in [4.78, 5) is 31.5. The highest BCUT2D eigenvalue weighted by Crippen LogP contribution is 2.09. The van der Waals surface area contributed by atoms with Crippen molar-refractivity contribution in [2.75, 3.05) is 13.1 Å². The van der Waals surface area contributed by atoms with E-state index in [9.17, 15) is 9.59 Å². The molecule has 0 aromatic carbocycles. The van der Waals surface area contributed by atoms with Crippen LogP contribution >= 0.6 is 0 Å². The van der Waals surface area contributed by atoms with Crippen LogP contribution in [0.4, 0.5) is 0 Å². The molecule has 0 atom stereocenters. The maximum absolute atomic E-state index is 12.9. The Morgan fingerprint density at radius 3 is 2.24 bits per heavy atom. The Bertz CT molecular complexity index is 827. The van der Waals surface area contributed by atoms with Crippen LogP contribution in [0.5, 0.6) is 0 Å². The fourth-order valence-corrected chi connectivity index (χ4v) is 3.26. The molecule has 2 heterocycles. The predicted molar refractivity (Wildman–Crippen MR) is 100 cm³/mol. The van der Waals surface area contributed by atoms with Gasteiger partial charge in [-0.2, -0.15) is 0 Å². The molecule has 0 saturated heterocycles. The number of hydrogen-bond donors (Lipinski definition) is 1. The Kier molecular flexibility index (Phi) is 6.58. The molecule has 2 aromatic heterocycles. The van der Waals surface area contributed by atoms with Crippen LogP contribution in [0.25, 0.3) is 11.2 Å². The van der Waals surface area contributed by atoms with E-state index in [2.05, 4.69) is 25.8 Å². The van der Waals surface area contributed by atoms with E-state index in [1.165, 1.54) is 14.0 Å². The number of rotatable bonds is 9. The number of aromatic nitrogens is 4. The number of nitrogens with zero attached hydrogens (tertiary/aromatic N) is 4. The first-order valence-electron chi connectivity index (χ1n) is 9.44. The molecule has 0 aliphatic heterocycles. The molecule has 0 fully saturated rings. The van der Waals surface area contributed by atoms with Crippen LogP contribution in [-0.2, 0) is 27.2 Å². The summed E-state index contributed by atoms with van der Waals surface area (Å²) in [5.41, 5.74) is 0.530. The highest BCUT2D eigenvalue weighted by molar-refractivity contribution is 5.70. The summed E-state index contributed by atoms with van der Waals surface area (Å²) in [6, 6.07) is 0. The molecular weight excluding hydrogens is 318 g/mol. The van der Waals surface area contributed by atoms with Gasteiger partial charge in [-0.1, -0.05) is 26.2 Å². The lowest BCUT2D eigenvalue weighted by atomic mass is 10.2. The fraction of sp³-hybridized carbons (Fsp3) is 0.722. The molecular formula is C18H32N5O2+. The zero-order valence-corrected chi connectivity index (χ0v) is 16.3. The van der Waals surface area contributed by atoms with E-state index in [1.54, 1.807) is 7.05 Å². The van der Waals surface area contributed by atoms with Gasteiger partial charge in [0.1, 0.15) is 6.54 Å². The van der Waals surface area contributed by atoms with E-state index in [4.69, 9.17) is 0 Å². The number of quaternary nitrogens is 1. The van der Waals surface area contributed by atoms with Gasteiger partial charge in [-0.15, -0.1) is 0 Å². The van der Waals surface area contributed by atoms with Crippen LogP contribution in [0.1, 0.15) is 52.3 Å². The van der Waals surface area contributed by atoms with Gasteiger partial charge < -0.3 is 9.47 Å². The van der Waals surface area contributed by atoms with Crippen molar-refractivity contribution in [3.63, 3.8) is 0 Å². The molecule has 0 aliphatic carbocycles. The van der Waals surface area contributed by atoms with Crippen LogP contribution < -0.4 is 16.1 Å². The average molecular weight is 350 g/mol. The van der Waals surface area contributed by atoms with E-state index in [0.717, 1.165) is 51.1 Å². The fourth-order valence-electron chi connectivity index (χ4n) is 3.26. The number of fused-ring (bicyclic) bond motifs is 1. The Morgan fingerprint density at radius 1 is 0.960 bits per heavy atom. The molecule has 0 unspecified atom stereocenters. The van der Waals surface area contributed by atoms with Crippen molar-refractivity contribution in [3.8, 4) is 0 Å². The van der Waals surface area contributed by atoms with Crippen molar-refractivity contribution in [3.05, 3.63) is 26.7 Å². The molecule has 1 N–H and O–H groups in total. The van der Waals surface area contributed by atoms with Crippen molar-refractivity contribution >= 4 is 11.2 Å². The van der Waals surface area contributed by atoms with Crippen molar-refractivity contribution < 1.29 is 4.90 Å². The molecule has 0 spiro atoms. The van der Waals surface area contributed by atoms with E-state index in [1.807, 2.05) is 11.6 Å². The van der Waals surface area contributed by atoms with E-state index in [-0.39, 0.29) is 11.2 Å². The van der Waals surface area contributed by atoms with Gasteiger partial charge in [0.05, 0.1) is 13.1 Å². The minimum absolute atomic E-state index is 0.217. The standard InChI is InChI=1S/C18H31N5O2/c1-6-9-10-11-12-23-17(24)15-16(21(5)18(23)25)19-14(20(15)4)13-22(7-2)8-3/h6-13H2,1-5H3/p+1. The lowest BCUT2D eigenvalue weighted by Gasteiger charge is -2.14. The highest BCUT2D eigenvalue weighted by atomic mass is 16.2. The Morgan fingerprint density at radius 2 is 1.64 bits per heavy atom. The van der Waals surface area contributed by atoms with Crippen LogP contribution in [0.15, 0.2) is 9.59 Å². The molecule has 0 bridgehead atoms. The third-order valence-electron chi connectivity index (χ3n) is 5.10. The van der Waals surface area contributed by atoms with Gasteiger partial charge in [0.25, 0.3) is 5.56 Å². The first kappa shape index (κ1) is 19.4. The van der Waals surface area contributed by atoms with Crippen LogP contribution in [0.3, 0.4) is 0 Å². The van der Waals surface area contributed by atoms with Gasteiger partial charge >= 0.3 is 5.69 Å². The van der Waals surface area contributed by atoms with Gasteiger partial charge in [-0.05, 0) is 20.3 Å².